The van der Waals surface area contributed by atoms with Gasteiger partial charge in [-0.05, 0) is 0 Å². The Hall–Kier alpha value is 0.299. The van der Waals surface area contributed by atoms with E-state index in [1.807, 2.05) is 0 Å². The van der Waals surface area contributed by atoms with Crippen LogP contribution in [-0.2, 0) is 4.74 Å². The van der Waals surface area contributed by atoms with Crippen molar-refractivity contribution >= 4 is 18.4 Å². The van der Waals surface area contributed by atoms with Crippen molar-refractivity contribution in [3.8, 4) is 0 Å². The minimum atomic E-state index is -2.07. The Morgan fingerprint density at radius 3 is 1.83 bits per heavy atom. The summed E-state index contributed by atoms with van der Waals surface area (Å²) in [6, 6.07) is 0. The first-order valence-electron chi connectivity index (χ1n) is 10.2. The molecule has 1 aliphatic heterocycles. The van der Waals surface area contributed by atoms with Crippen LogP contribution in [0.4, 0.5) is 0 Å². The molecule has 1 aliphatic rings. The Balaban J connectivity index is 2.76. The summed E-state index contributed by atoms with van der Waals surface area (Å²) in [5.74, 6) is 0. The van der Waals surface area contributed by atoms with Gasteiger partial charge in [0.25, 0.3) is 0 Å². The quantitative estimate of drug-likeness (QED) is 0.349. The molecule has 0 amide bonds. The number of hydrogen-bond donors (Lipinski definition) is 0. The van der Waals surface area contributed by atoms with Crippen LogP contribution in [0.3, 0.4) is 0 Å². The molecule has 0 aromatic carbocycles. The van der Waals surface area contributed by atoms with Crippen LogP contribution in [0.1, 0.15) is 66.2 Å². The van der Waals surface area contributed by atoms with E-state index in [0.29, 0.717) is 0 Å². The van der Waals surface area contributed by atoms with E-state index >= 15 is 0 Å². The Kier molecular flexibility index (Phi) is 11.7. The molecule has 0 bridgehead atoms. The van der Waals surface area contributed by atoms with E-state index in [0.717, 1.165) is 30.2 Å². The molecule has 1 saturated heterocycles. The van der Waals surface area contributed by atoms with Gasteiger partial charge in [-0.2, -0.15) is 0 Å². The van der Waals surface area contributed by atoms with Gasteiger partial charge in [-0.1, -0.05) is 0 Å². The topological polar surface area (TPSA) is 12.5 Å². The summed E-state index contributed by atoms with van der Waals surface area (Å²) in [6.07, 6.45) is 13.5. The zero-order valence-corrected chi connectivity index (χ0v) is 19.1. The maximum absolute atomic E-state index is 5.47. The van der Waals surface area contributed by atoms with Gasteiger partial charge < -0.3 is 0 Å². The van der Waals surface area contributed by atoms with Crippen LogP contribution in [0.25, 0.3) is 0 Å². The summed E-state index contributed by atoms with van der Waals surface area (Å²) in [5, 5.41) is 0. The van der Waals surface area contributed by atoms with E-state index in [-0.39, 0.29) is 0 Å². The Bertz CT molecular complexity index is 291. The number of unbranched alkanes of at least 4 members (excludes halogenated alkanes) is 3. The molecule has 1 heterocycles. The van der Waals surface area contributed by atoms with E-state index < -0.39 is 18.4 Å². The van der Waals surface area contributed by atoms with Crippen molar-refractivity contribution in [1.82, 2.24) is 4.90 Å². The molecule has 3 heteroatoms. The van der Waals surface area contributed by atoms with E-state index in [4.69, 9.17) is 4.74 Å². The van der Waals surface area contributed by atoms with Gasteiger partial charge in [-0.15, -0.1) is 0 Å². The van der Waals surface area contributed by atoms with E-state index in [1.165, 1.54) is 38.5 Å². The van der Waals surface area contributed by atoms with Crippen molar-refractivity contribution in [2.24, 2.45) is 0 Å². The number of rotatable bonds is 12. The van der Waals surface area contributed by atoms with Crippen LogP contribution in [-0.4, -0.2) is 49.6 Å². The normalized spacial score (nSPS) is 17.8. The SMILES string of the molecule is CCC[CH2][Sn]([CH2]CCC)([CH2]CCC)[CH](C)/C=C/N1CCOCC1. The van der Waals surface area contributed by atoms with Crippen molar-refractivity contribution in [2.45, 2.75) is 83.5 Å². The third-order valence-corrected chi connectivity index (χ3v) is 23.3. The average Bonchev–Trinajstić information content (AvgIpc) is 2.60. The average molecular weight is 430 g/mol. The van der Waals surface area contributed by atoms with Gasteiger partial charge in [0.2, 0.25) is 0 Å². The van der Waals surface area contributed by atoms with Crippen LogP contribution in [0.5, 0.6) is 0 Å². The van der Waals surface area contributed by atoms with Crippen LogP contribution in [0, 0.1) is 0 Å². The van der Waals surface area contributed by atoms with Crippen molar-refractivity contribution < 1.29 is 4.74 Å². The van der Waals surface area contributed by atoms with Gasteiger partial charge >= 0.3 is 150 Å². The molecule has 1 unspecified atom stereocenters. The van der Waals surface area contributed by atoms with Crippen molar-refractivity contribution in [1.29, 1.82) is 0 Å². The summed E-state index contributed by atoms with van der Waals surface area (Å²) >= 11 is -2.07. The molecule has 0 aromatic heterocycles. The molecule has 1 rings (SSSR count). The monoisotopic (exact) mass is 431 g/mol. The second-order valence-corrected chi connectivity index (χ2v) is 22.1. The molecule has 0 radical (unpaired) electrons. The maximum atomic E-state index is 5.47. The summed E-state index contributed by atoms with van der Waals surface area (Å²) < 4.78 is 11.2. The second-order valence-electron chi connectivity index (χ2n) is 7.45. The molecule has 1 atom stereocenters. The van der Waals surface area contributed by atoms with Crippen molar-refractivity contribution in [3.63, 3.8) is 0 Å². The fourth-order valence-corrected chi connectivity index (χ4v) is 20.3. The minimum absolute atomic E-state index is 0.886. The number of morpholine rings is 1. The van der Waals surface area contributed by atoms with E-state index in [9.17, 15) is 0 Å². The van der Waals surface area contributed by atoms with E-state index in [1.54, 1.807) is 13.3 Å². The Morgan fingerprint density at radius 1 is 0.913 bits per heavy atom. The fourth-order valence-electron chi connectivity index (χ4n) is 3.83. The molecule has 0 saturated carbocycles. The van der Waals surface area contributed by atoms with E-state index in [2.05, 4.69) is 44.9 Å². The predicted octanol–water partition coefficient (Wildman–Crippen LogP) is 6.07. The molecule has 0 N–H and O–H groups in total. The van der Waals surface area contributed by atoms with Gasteiger partial charge in [0.15, 0.2) is 0 Å². The molecule has 136 valence electrons. The van der Waals surface area contributed by atoms with Crippen LogP contribution in [0.2, 0.25) is 17.2 Å². The predicted molar refractivity (Wildman–Crippen MR) is 106 cm³/mol. The van der Waals surface area contributed by atoms with Crippen molar-refractivity contribution in [2.75, 3.05) is 26.3 Å². The summed E-state index contributed by atoms with van der Waals surface area (Å²) in [5.41, 5.74) is 0. The van der Waals surface area contributed by atoms with Gasteiger partial charge in [0.1, 0.15) is 0 Å². The molecular formula is C20H41NOSn. The molecule has 2 nitrogen and oxygen atoms in total. The van der Waals surface area contributed by atoms with Crippen LogP contribution >= 0.6 is 0 Å². The van der Waals surface area contributed by atoms with Gasteiger partial charge in [0.05, 0.1) is 0 Å². The first-order chi connectivity index (χ1) is 11.2. The van der Waals surface area contributed by atoms with Gasteiger partial charge in [-0.3, -0.25) is 0 Å². The summed E-state index contributed by atoms with van der Waals surface area (Å²) in [4.78, 5) is 2.47. The zero-order chi connectivity index (χ0) is 17.0. The molecule has 23 heavy (non-hydrogen) atoms. The zero-order valence-electron chi connectivity index (χ0n) is 16.3. The summed E-state index contributed by atoms with van der Waals surface area (Å²) in [7, 11) is 0. The van der Waals surface area contributed by atoms with Crippen LogP contribution < -0.4 is 0 Å². The number of allylic oxidation sites excluding steroid dienone is 1. The molecule has 0 aliphatic carbocycles. The number of hydrogen-bond acceptors (Lipinski definition) is 2. The fraction of sp³-hybridized carbons (Fsp3) is 0.900. The van der Waals surface area contributed by atoms with Gasteiger partial charge in [-0.25, -0.2) is 0 Å². The molecule has 1 fully saturated rings. The Labute approximate surface area is 149 Å². The first-order valence-corrected chi connectivity index (χ1v) is 17.9. The number of nitrogens with zero attached hydrogens (tertiary/aromatic N) is 1. The molecule has 0 aromatic rings. The van der Waals surface area contributed by atoms with Gasteiger partial charge in [0, 0.05) is 0 Å². The van der Waals surface area contributed by atoms with Crippen molar-refractivity contribution in [3.05, 3.63) is 12.3 Å². The van der Waals surface area contributed by atoms with Crippen LogP contribution in [0.15, 0.2) is 12.3 Å². The number of ether oxygens (including phenoxy) is 1. The summed E-state index contributed by atoms with van der Waals surface area (Å²) in [6.45, 7) is 13.6. The third kappa shape index (κ3) is 7.81. The second kappa shape index (κ2) is 12.6. The standard InChI is InChI=1S/C8H14NO.3C4H9.Sn/c1-2-3-4-9-5-7-10-8-6-9;3*1-3-4-2;/h2-4H,5-8H2,1H3;3*1,3-4H2,2H3;/b4-3+;;;;. The third-order valence-electron chi connectivity index (χ3n) is 5.68. The first kappa shape index (κ1) is 21.3. The molecular weight excluding hydrogens is 389 g/mol. The molecule has 0 spiro atoms. The Morgan fingerprint density at radius 2 is 1.39 bits per heavy atom.